The second-order valence-corrected chi connectivity index (χ2v) is 5.11. The first-order valence-corrected chi connectivity index (χ1v) is 7.25. The van der Waals surface area contributed by atoms with Gasteiger partial charge in [0.15, 0.2) is 0 Å². The summed E-state index contributed by atoms with van der Waals surface area (Å²) in [6, 6.07) is 8.95. The molecule has 1 N–H and O–H groups in total. The lowest BCUT2D eigenvalue weighted by molar-refractivity contribution is -0.139. The van der Waals surface area contributed by atoms with Gasteiger partial charge in [0.05, 0.1) is 25.4 Å². The number of ether oxygens (including phenoxy) is 2. The maximum Gasteiger partial charge on any atom is 0.336 e. The van der Waals surface area contributed by atoms with Crippen LogP contribution in [-0.4, -0.2) is 25.6 Å². The molecule has 2 rings (SSSR count). The number of nitrogens with one attached hydrogen (secondary N) is 1. The Morgan fingerprint density at radius 3 is 2.52 bits per heavy atom. The Balaban J connectivity index is 2.54. The minimum atomic E-state index is -0.994. The van der Waals surface area contributed by atoms with Crippen LogP contribution >= 0.6 is 0 Å². The van der Waals surface area contributed by atoms with Gasteiger partial charge in [0.25, 0.3) is 0 Å². The van der Waals surface area contributed by atoms with Crippen LogP contribution in [0.25, 0.3) is 0 Å². The van der Waals surface area contributed by atoms with E-state index in [-0.39, 0.29) is 6.61 Å². The van der Waals surface area contributed by atoms with E-state index in [2.05, 4.69) is 5.32 Å². The standard InChI is InChI=1S/C17H18N2O4/c1-4-23-17(21)14-10(2)19-16(20)13(9-18)15(14)11-5-7-12(22-3)8-6-11/h5-8,13,15H,4H2,1-3H3,(H,19,20)/t13-,15-/m0/s1. The summed E-state index contributed by atoms with van der Waals surface area (Å²) in [6.07, 6.45) is 0. The zero-order chi connectivity index (χ0) is 17.0. The summed E-state index contributed by atoms with van der Waals surface area (Å²) < 4.78 is 10.2. The van der Waals surface area contributed by atoms with Gasteiger partial charge in [-0.25, -0.2) is 4.79 Å². The smallest absolute Gasteiger partial charge is 0.336 e. The number of methoxy groups -OCH3 is 1. The van der Waals surface area contributed by atoms with Gasteiger partial charge in [0, 0.05) is 11.6 Å². The summed E-state index contributed by atoms with van der Waals surface area (Å²) in [7, 11) is 1.55. The highest BCUT2D eigenvalue weighted by Gasteiger charge is 2.41. The van der Waals surface area contributed by atoms with Gasteiger partial charge in [-0.2, -0.15) is 5.26 Å². The number of carbonyl (C=O) groups excluding carboxylic acids is 2. The zero-order valence-electron chi connectivity index (χ0n) is 13.3. The molecular weight excluding hydrogens is 296 g/mol. The number of nitriles is 1. The maximum absolute atomic E-state index is 12.3. The highest BCUT2D eigenvalue weighted by molar-refractivity contribution is 5.97. The van der Waals surface area contributed by atoms with E-state index in [4.69, 9.17) is 9.47 Å². The van der Waals surface area contributed by atoms with Crippen molar-refractivity contribution in [3.05, 3.63) is 41.1 Å². The largest absolute Gasteiger partial charge is 0.497 e. The van der Waals surface area contributed by atoms with E-state index >= 15 is 0 Å². The molecular formula is C17H18N2O4. The van der Waals surface area contributed by atoms with E-state index in [0.717, 1.165) is 0 Å². The third kappa shape index (κ3) is 3.19. The molecule has 1 heterocycles. The molecule has 0 fully saturated rings. The van der Waals surface area contributed by atoms with Crippen molar-refractivity contribution in [2.75, 3.05) is 13.7 Å². The number of nitrogens with zero attached hydrogens (tertiary/aromatic N) is 1. The summed E-state index contributed by atoms with van der Waals surface area (Å²) in [4.78, 5) is 24.4. The van der Waals surface area contributed by atoms with Crippen molar-refractivity contribution in [2.24, 2.45) is 5.92 Å². The van der Waals surface area contributed by atoms with Crippen molar-refractivity contribution in [3.8, 4) is 11.8 Å². The quantitative estimate of drug-likeness (QED) is 0.857. The maximum atomic E-state index is 12.3. The van der Waals surface area contributed by atoms with Gasteiger partial charge in [0.1, 0.15) is 11.7 Å². The zero-order valence-corrected chi connectivity index (χ0v) is 13.3. The number of esters is 1. The number of hydrogen-bond acceptors (Lipinski definition) is 5. The van der Waals surface area contributed by atoms with Crippen LogP contribution in [0.1, 0.15) is 25.3 Å². The predicted molar refractivity (Wildman–Crippen MR) is 82.3 cm³/mol. The Bertz CT molecular complexity index is 686. The fraction of sp³-hybridized carbons (Fsp3) is 0.353. The topological polar surface area (TPSA) is 88.4 Å². The van der Waals surface area contributed by atoms with E-state index in [1.807, 2.05) is 6.07 Å². The Labute approximate surface area is 134 Å². The van der Waals surface area contributed by atoms with Crippen LogP contribution < -0.4 is 10.1 Å². The molecule has 0 spiro atoms. The molecule has 0 saturated carbocycles. The second kappa shape index (κ2) is 6.97. The van der Waals surface area contributed by atoms with Crippen LogP contribution in [0.4, 0.5) is 0 Å². The Morgan fingerprint density at radius 1 is 1.35 bits per heavy atom. The van der Waals surface area contributed by atoms with Gasteiger partial charge in [-0.1, -0.05) is 12.1 Å². The SMILES string of the molecule is CCOC(=O)C1=C(C)NC(=O)[C@@H](C#N)[C@@H]1c1ccc(OC)cc1. The molecule has 23 heavy (non-hydrogen) atoms. The number of carbonyl (C=O) groups is 2. The number of allylic oxidation sites excluding steroid dienone is 1. The first kappa shape index (κ1) is 16.6. The third-order valence-electron chi connectivity index (χ3n) is 3.75. The van der Waals surface area contributed by atoms with Gasteiger partial charge in [-0.3, -0.25) is 4.79 Å². The molecule has 1 aliphatic rings. The summed E-state index contributed by atoms with van der Waals surface area (Å²) in [5.41, 5.74) is 1.42. The molecule has 0 radical (unpaired) electrons. The molecule has 2 atom stereocenters. The summed E-state index contributed by atoms with van der Waals surface area (Å²) in [6.45, 7) is 3.56. The molecule has 0 aliphatic carbocycles. The predicted octanol–water partition coefficient (Wildman–Crippen LogP) is 1.89. The van der Waals surface area contributed by atoms with E-state index in [0.29, 0.717) is 22.6 Å². The van der Waals surface area contributed by atoms with Crippen LogP contribution in [0.5, 0.6) is 5.75 Å². The fourth-order valence-corrected chi connectivity index (χ4v) is 2.67. The summed E-state index contributed by atoms with van der Waals surface area (Å²) >= 11 is 0. The monoisotopic (exact) mass is 314 g/mol. The molecule has 1 amide bonds. The molecule has 1 aliphatic heterocycles. The van der Waals surface area contributed by atoms with Gasteiger partial charge in [0.2, 0.25) is 5.91 Å². The fourth-order valence-electron chi connectivity index (χ4n) is 2.67. The average molecular weight is 314 g/mol. The highest BCUT2D eigenvalue weighted by Crippen LogP contribution is 2.37. The highest BCUT2D eigenvalue weighted by atomic mass is 16.5. The Hall–Kier alpha value is -2.81. The van der Waals surface area contributed by atoms with Gasteiger partial charge in [-0.15, -0.1) is 0 Å². The van der Waals surface area contributed by atoms with Crippen molar-refractivity contribution < 1.29 is 19.1 Å². The molecule has 6 nitrogen and oxygen atoms in total. The molecule has 0 saturated heterocycles. The van der Waals surface area contributed by atoms with E-state index < -0.39 is 23.7 Å². The minimum absolute atomic E-state index is 0.218. The molecule has 120 valence electrons. The number of hydrogen-bond donors (Lipinski definition) is 1. The Morgan fingerprint density at radius 2 is 2.00 bits per heavy atom. The number of benzene rings is 1. The summed E-state index contributed by atoms with van der Waals surface area (Å²) in [5, 5.41) is 12.0. The van der Waals surface area contributed by atoms with Crippen LogP contribution in [-0.2, 0) is 14.3 Å². The van der Waals surface area contributed by atoms with E-state index in [1.165, 1.54) is 0 Å². The number of rotatable bonds is 4. The van der Waals surface area contributed by atoms with Crippen LogP contribution in [0.3, 0.4) is 0 Å². The minimum Gasteiger partial charge on any atom is -0.497 e. The summed E-state index contributed by atoms with van der Waals surface area (Å²) in [5.74, 6) is -1.95. The van der Waals surface area contributed by atoms with E-state index in [1.54, 1.807) is 45.2 Å². The van der Waals surface area contributed by atoms with Crippen LogP contribution in [0, 0.1) is 17.2 Å². The van der Waals surface area contributed by atoms with Crippen molar-refractivity contribution in [1.29, 1.82) is 5.26 Å². The first-order valence-electron chi connectivity index (χ1n) is 7.25. The van der Waals surface area contributed by atoms with Crippen LogP contribution in [0.2, 0.25) is 0 Å². The third-order valence-corrected chi connectivity index (χ3v) is 3.75. The van der Waals surface area contributed by atoms with Crippen molar-refractivity contribution in [3.63, 3.8) is 0 Å². The van der Waals surface area contributed by atoms with Crippen LogP contribution in [0.15, 0.2) is 35.5 Å². The molecule has 0 bridgehead atoms. The molecule has 6 heteroatoms. The van der Waals surface area contributed by atoms with Crippen molar-refractivity contribution in [2.45, 2.75) is 19.8 Å². The van der Waals surface area contributed by atoms with E-state index in [9.17, 15) is 14.9 Å². The van der Waals surface area contributed by atoms with Crippen molar-refractivity contribution in [1.82, 2.24) is 5.32 Å². The lowest BCUT2D eigenvalue weighted by atomic mass is 9.77. The lowest BCUT2D eigenvalue weighted by Crippen LogP contribution is -2.41. The number of amides is 1. The lowest BCUT2D eigenvalue weighted by Gasteiger charge is -2.30. The first-order chi connectivity index (χ1) is 11.0. The Kier molecular flexibility index (Phi) is 5.02. The molecule has 0 unspecified atom stereocenters. The van der Waals surface area contributed by atoms with Gasteiger partial charge >= 0.3 is 5.97 Å². The molecule has 0 aromatic heterocycles. The van der Waals surface area contributed by atoms with Crippen molar-refractivity contribution >= 4 is 11.9 Å². The average Bonchev–Trinajstić information content (AvgIpc) is 2.54. The van der Waals surface area contributed by atoms with Gasteiger partial charge < -0.3 is 14.8 Å². The second-order valence-electron chi connectivity index (χ2n) is 5.11. The van der Waals surface area contributed by atoms with Gasteiger partial charge in [-0.05, 0) is 31.5 Å². The normalized spacial score (nSPS) is 20.5. The molecule has 1 aromatic carbocycles. The molecule has 1 aromatic rings.